The lowest BCUT2D eigenvalue weighted by molar-refractivity contribution is -0.137. The zero-order valence-corrected chi connectivity index (χ0v) is 19.6. The highest BCUT2D eigenvalue weighted by Gasteiger charge is 2.36. The molecule has 2 fully saturated rings. The highest BCUT2D eigenvalue weighted by molar-refractivity contribution is 5.94. The fourth-order valence-corrected chi connectivity index (χ4v) is 4.61. The summed E-state index contributed by atoms with van der Waals surface area (Å²) in [5.74, 6) is 0.920. The van der Waals surface area contributed by atoms with E-state index in [-0.39, 0.29) is 36.2 Å². The lowest BCUT2D eigenvalue weighted by Gasteiger charge is -2.34. The van der Waals surface area contributed by atoms with Gasteiger partial charge >= 0.3 is 6.18 Å². The van der Waals surface area contributed by atoms with Gasteiger partial charge in [0.2, 0.25) is 5.95 Å². The Hall–Kier alpha value is -3.45. The van der Waals surface area contributed by atoms with E-state index in [1.54, 1.807) is 6.07 Å². The van der Waals surface area contributed by atoms with Crippen LogP contribution in [0.15, 0.2) is 24.5 Å². The summed E-state index contributed by atoms with van der Waals surface area (Å²) in [5, 5.41) is 10.6. The van der Waals surface area contributed by atoms with Crippen LogP contribution >= 0.6 is 0 Å². The van der Waals surface area contributed by atoms with Crippen LogP contribution in [-0.2, 0) is 15.7 Å². The number of rotatable bonds is 4. The lowest BCUT2D eigenvalue weighted by atomic mass is 10.1. The first-order valence-corrected chi connectivity index (χ1v) is 11.6. The summed E-state index contributed by atoms with van der Waals surface area (Å²) in [6, 6.07) is 3.91. The van der Waals surface area contributed by atoms with Crippen molar-refractivity contribution in [2.45, 2.75) is 50.5 Å². The van der Waals surface area contributed by atoms with Crippen molar-refractivity contribution < 1.29 is 27.8 Å². The molecule has 0 unspecified atom stereocenters. The average molecular weight is 508 g/mol. The number of hydrogen-bond acceptors (Lipinski definition) is 8. The summed E-state index contributed by atoms with van der Waals surface area (Å²) < 4.78 is 46.9. The van der Waals surface area contributed by atoms with Gasteiger partial charge in [-0.1, -0.05) is 0 Å². The molecular weight excluding hydrogens is 479 g/mol. The molecule has 3 aromatic rings. The maximum absolute atomic E-state index is 13.8. The molecule has 0 radical (unpaired) electrons. The standard InChI is InChI=1S/C22H26F3N7O.CH2O2/c1-12-11-33-7-6-32(12)18-5-4-15-16(9-27-20(15)30-18)19-17(22(23,24)25)10-28-21(31-19)29-14-3-2-13(26)8-14;2-1-3/h4-5,9-10,12-14H,2-3,6-8,11,26H2,1H3,(H,27,30)(H,28,29,31);1H,(H,2,3)/t12-,13+,14-;/m0./s1. The van der Waals surface area contributed by atoms with Gasteiger partial charge in [0, 0.05) is 42.0 Å². The minimum absolute atomic E-state index is 0.0484. The molecule has 1 aliphatic carbocycles. The van der Waals surface area contributed by atoms with Crippen molar-refractivity contribution in [2.75, 3.05) is 30.0 Å². The predicted molar refractivity (Wildman–Crippen MR) is 128 cm³/mol. The number of nitrogens with one attached hydrogen (secondary N) is 2. The van der Waals surface area contributed by atoms with Crippen LogP contribution in [0, 0.1) is 0 Å². The van der Waals surface area contributed by atoms with Crippen molar-refractivity contribution in [1.82, 2.24) is 19.9 Å². The van der Waals surface area contributed by atoms with E-state index in [0.717, 1.165) is 31.3 Å². The first kappa shape index (κ1) is 25.6. The number of anilines is 2. The largest absolute Gasteiger partial charge is 0.483 e. The van der Waals surface area contributed by atoms with Crippen molar-refractivity contribution >= 4 is 29.3 Å². The van der Waals surface area contributed by atoms with Gasteiger partial charge in [-0.2, -0.15) is 13.2 Å². The minimum atomic E-state index is -4.59. The van der Waals surface area contributed by atoms with Crippen LogP contribution in [0.1, 0.15) is 31.7 Å². The molecule has 1 aliphatic heterocycles. The number of hydrogen-bond donors (Lipinski definition) is 4. The molecule has 0 bridgehead atoms. The van der Waals surface area contributed by atoms with Gasteiger partial charge in [-0.25, -0.2) is 15.0 Å². The Morgan fingerprint density at radius 3 is 2.75 bits per heavy atom. The first-order chi connectivity index (χ1) is 17.2. The summed E-state index contributed by atoms with van der Waals surface area (Å²) in [5.41, 5.74) is 5.73. The highest BCUT2D eigenvalue weighted by atomic mass is 19.4. The molecule has 36 heavy (non-hydrogen) atoms. The van der Waals surface area contributed by atoms with E-state index in [4.69, 9.17) is 20.4 Å². The van der Waals surface area contributed by atoms with E-state index < -0.39 is 11.7 Å². The first-order valence-electron chi connectivity index (χ1n) is 11.6. The monoisotopic (exact) mass is 507 g/mol. The molecule has 10 nitrogen and oxygen atoms in total. The number of carboxylic acid groups (broad SMARTS) is 1. The molecule has 1 saturated heterocycles. The number of aromatic nitrogens is 4. The molecule has 5 rings (SSSR count). The van der Waals surface area contributed by atoms with E-state index in [2.05, 4.69) is 30.2 Å². The van der Waals surface area contributed by atoms with Gasteiger partial charge in [-0.15, -0.1) is 0 Å². The molecule has 2 aliphatic rings. The zero-order valence-electron chi connectivity index (χ0n) is 19.6. The number of carbonyl (C=O) groups is 1. The summed E-state index contributed by atoms with van der Waals surface area (Å²) >= 11 is 0. The molecular formula is C23H28F3N7O3. The Labute approximate surface area is 205 Å². The van der Waals surface area contributed by atoms with Crippen molar-refractivity contribution in [3.8, 4) is 11.3 Å². The number of nitrogens with two attached hydrogens (primary N) is 1. The van der Waals surface area contributed by atoms with Gasteiger partial charge in [-0.05, 0) is 38.3 Å². The lowest BCUT2D eigenvalue weighted by Crippen LogP contribution is -2.44. The number of alkyl halides is 3. The van der Waals surface area contributed by atoms with Gasteiger partial charge in [0.25, 0.3) is 6.47 Å². The van der Waals surface area contributed by atoms with Crippen molar-refractivity contribution in [3.63, 3.8) is 0 Å². The summed E-state index contributed by atoms with van der Waals surface area (Å²) in [6.07, 6.45) is 0.208. The quantitative estimate of drug-likeness (QED) is 0.391. The second-order valence-corrected chi connectivity index (χ2v) is 8.86. The minimum Gasteiger partial charge on any atom is -0.483 e. The van der Waals surface area contributed by atoms with Crippen LogP contribution in [0.5, 0.6) is 0 Å². The Kier molecular flexibility index (Phi) is 7.59. The van der Waals surface area contributed by atoms with Crippen LogP contribution in [-0.4, -0.2) is 69.4 Å². The zero-order chi connectivity index (χ0) is 25.9. The second kappa shape index (κ2) is 10.7. The summed E-state index contributed by atoms with van der Waals surface area (Å²) in [6.45, 7) is 3.72. The fraction of sp³-hybridized carbons (Fsp3) is 0.478. The molecule has 0 aromatic carbocycles. The SMILES string of the molecule is C[C@H]1COCCN1c1ccc2c(-c3nc(N[C@H]4CC[C@@H](N)C4)ncc3C(F)(F)F)c[nH]c2n1.O=CO. The number of pyridine rings is 1. The van der Waals surface area contributed by atoms with Crippen molar-refractivity contribution in [2.24, 2.45) is 5.73 Å². The number of ether oxygens (including phenoxy) is 1. The Morgan fingerprint density at radius 1 is 1.31 bits per heavy atom. The average Bonchev–Trinajstić information content (AvgIpc) is 3.44. The molecule has 0 spiro atoms. The third kappa shape index (κ3) is 5.51. The van der Waals surface area contributed by atoms with Crippen LogP contribution in [0.3, 0.4) is 0 Å². The molecule has 13 heteroatoms. The third-order valence-corrected chi connectivity index (χ3v) is 6.34. The smallest absolute Gasteiger partial charge is 0.419 e. The topological polar surface area (TPSA) is 142 Å². The fourth-order valence-electron chi connectivity index (χ4n) is 4.61. The molecule has 3 atom stereocenters. The number of fused-ring (bicyclic) bond motifs is 1. The van der Waals surface area contributed by atoms with Gasteiger partial charge in [0.05, 0.1) is 24.9 Å². The molecule has 1 saturated carbocycles. The van der Waals surface area contributed by atoms with E-state index in [9.17, 15) is 13.2 Å². The number of nitrogens with zero attached hydrogens (tertiary/aromatic N) is 4. The van der Waals surface area contributed by atoms with E-state index in [0.29, 0.717) is 36.4 Å². The van der Waals surface area contributed by atoms with Gasteiger partial charge < -0.3 is 30.8 Å². The molecule has 3 aromatic heterocycles. The predicted octanol–water partition coefficient (Wildman–Crippen LogP) is 3.26. The van der Waals surface area contributed by atoms with Crippen LogP contribution < -0.4 is 16.0 Å². The van der Waals surface area contributed by atoms with E-state index >= 15 is 0 Å². The van der Waals surface area contributed by atoms with Crippen LogP contribution in [0.2, 0.25) is 0 Å². The molecule has 194 valence electrons. The molecule has 4 heterocycles. The normalized spacial score (nSPS) is 22.2. The van der Waals surface area contributed by atoms with Gasteiger partial charge in [-0.3, -0.25) is 4.79 Å². The summed E-state index contributed by atoms with van der Waals surface area (Å²) in [4.78, 5) is 26.4. The maximum Gasteiger partial charge on any atom is 0.419 e. The third-order valence-electron chi connectivity index (χ3n) is 6.34. The number of aromatic amines is 1. The maximum atomic E-state index is 13.8. The number of halogens is 3. The number of H-pyrrole nitrogens is 1. The second-order valence-electron chi connectivity index (χ2n) is 8.86. The van der Waals surface area contributed by atoms with Crippen LogP contribution in [0.4, 0.5) is 24.9 Å². The van der Waals surface area contributed by atoms with Crippen LogP contribution in [0.25, 0.3) is 22.3 Å². The van der Waals surface area contributed by atoms with Crippen molar-refractivity contribution in [1.29, 1.82) is 0 Å². The Balaban J connectivity index is 0.000000967. The molecule has 5 N–H and O–H groups in total. The Morgan fingerprint density at radius 2 is 2.08 bits per heavy atom. The molecule has 0 amide bonds. The van der Waals surface area contributed by atoms with E-state index in [1.165, 1.54) is 6.20 Å². The number of morpholine rings is 1. The summed E-state index contributed by atoms with van der Waals surface area (Å²) in [7, 11) is 0. The van der Waals surface area contributed by atoms with E-state index in [1.807, 2.05) is 13.0 Å². The van der Waals surface area contributed by atoms with Crippen molar-refractivity contribution in [3.05, 3.63) is 30.1 Å². The highest BCUT2D eigenvalue weighted by Crippen LogP contribution is 2.39. The Bertz CT molecular complexity index is 1200. The van der Waals surface area contributed by atoms with Gasteiger partial charge in [0.1, 0.15) is 17.0 Å². The van der Waals surface area contributed by atoms with Gasteiger partial charge in [0.15, 0.2) is 0 Å².